The van der Waals surface area contributed by atoms with Crippen molar-refractivity contribution < 1.29 is 4.79 Å². The Morgan fingerprint density at radius 3 is 2.59 bits per heavy atom. The number of carbonyl (C=O) groups is 1. The van der Waals surface area contributed by atoms with Crippen LogP contribution in [0.1, 0.15) is 35.1 Å². The molecule has 0 aliphatic heterocycles. The Kier molecular flexibility index (Phi) is 4.64. The summed E-state index contributed by atoms with van der Waals surface area (Å²) in [5.41, 5.74) is 1.83. The van der Waals surface area contributed by atoms with Crippen molar-refractivity contribution in [2.45, 2.75) is 18.8 Å². The summed E-state index contributed by atoms with van der Waals surface area (Å²) >= 11 is 6.11. The number of anilines is 3. The van der Waals surface area contributed by atoms with E-state index in [1.165, 1.54) is 6.07 Å². The largest absolute Gasteiger partial charge is 0.354 e. The number of aromatic amines is 1. The standard InChI is InChI=1S/C20H17ClN4O2/c21-13-8-9-15(16(10-13)22-14-4-2-1-3-5-14)24-20(27)17-11-18(26)25-19(23-17)12-6-7-12/h1-5,8-12,22H,6-7H2,(H,24,27)(H,23,25,26). The van der Waals surface area contributed by atoms with Crippen LogP contribution in [0.3, 0.4) is 0 Å². The summed E-state index contributed by atoms with van der Waals surface area (Å²) in [4.78, 5) is 31.5. The van der Waals surface area contributed by atoms with Crippen LogP contribution < -0.4 is 16.2 Å². The fourth-order valence-corrected chi connectivity index (χ4v) is 2.91. The van der Waals surface area contributed by atoms with Crippen LogP contribution in [0.25, 0.3) is 0 Å². The highest BCUT2D eigenvalue weighted by molar-refractivity contribution is 6.31. The van der Waals surface area contributed by atoms with E-state index in [-0.39, 0.29) is 17.2 Å². The molecule has 1 amide bonds. The van der Waals surface area contributed by atoms with Crippen LogP contribution in [0.4, 0.5) is 17.1 Å². The Hall–Kier alpha value is -3.12. The number of nitrogens with zero attached hydrogens (tertiary/aromatic N) is 1. The first kappa shape index (κ1) is 17.3. The molecule has 0 radical (unpaired) electrons. The summed E-state index contributed by atoms with van der Waals surface area (Å²) in [7, 11) is 0. The summed E-state index contributed by atoms with van der Waals surface area (Å²) in [6.07, 6.45) is 1.96. The summed E-state index contributed by atoms with van der Waals surface area (Å²) in [5.74, 6) is 0.379. The first-order valence-electron chi connectivity index (χ1n) is 8.63. The third-order valence-corrected chi connectivity index (χ3v) is 4.47. The molecular weight excluding hydrogens is 364 g/mol. The molecule has 3 N–H and O–H groups in total. The van der Waals surface area contributed by atoms with E-state index in [0.717, 1.165) is 18.5 Å². The first-order valence-corrected chi connectivity index (χ1v) is 9.00. The fraction of sp³-hybridized carbons (Fsp3) is 0.150. The van der Waals surface area contributed by atoms with Crippen LogP contribution >= 0.6 is 11.6 Å². The molecule has 6 nitrogen and oxygen atoms in total. The monoisotopic (exact) mass is 380 g/mol. The molecule has 0 unspecified atom stereocenters. The van der Waals surface area contributed by atoms with Gasteiger partial charge in [-0.25, -0.2) is 4.98 Å². The number of benzene rings is 2. The van der Waals surface area contributed by atoms with Crippen molar-refractivity contribution in [3.63, 3.8) is 0 Å². The Labute approximate surface area is 160 Å². The Bertz CT molecular complexity index is 1050. The van der Waals surface area contributed by atoms with Crippen LogP contribution in [-0.2, 0) is 0 Å². The quantitative estimate of drug-likeness (QED) is 0.616. The molecule has 2 aromatic carbocycles. The molecule has 1 heterocycles. The highest BCUT2D eigenvalue weighted by atomic mass is 35.5. The van der Waals surface area contributed by atoms with Gasteiger partial charge in [0.25, 0.3) is 11.5 Å². The van der Waals surface area contributed by atoms with E-state index >= 15 is 0 Å². The summed E-state index contributed by atoms with van der Waals surface area (Å²) < 4.78 is 0. The Morgan fingerprint density at radius 1 is 1.07 bits per heavy atom. The second kappa shape index (κ2) is 7.25. The number of aromatic nitrogens is 2. The van der Waals surface area contributed by atoms with Crippen molar-refractivity contribution in [3.8, 4) is 0 Å². The molecule has 3 aromatic rings. The molecule has 1 aromatic heterocycles. The van der Waals surface area contributed by atoms with Crippen molar-refractivity contribution in [3.05, 3.63) is 81.5 Å². The molecule has 4 rings (SSSR count). The number of hydrogen-bond donors (Lipinski definition) is 3. The third kappa shape index (κ3) is 4.17. The lowest BCUT2D eigenvalue weighted by Crippen LogP contribution is -2.20. The predicted molar refractivity (Wildman–Crippen MR) is 106 cm³/mol. The Balaban J connectivity index is 1.60. The van der Waals surface area contributed by atoms with Gasteiger partial charge in [0, 0.05) is 22.7 Å². The molecule has 136 valence electrons. The maximum atomic E-state index is 12.7. The zero-order valence-electron chi connectivity index (χ0n) is 14.3. The molecule has 0 bridgehead atoms. The minimum atomic E-state index is -0.443. The number of amides is 1. The average Bonchev–Trinajstić information content (AvgIpc) is 3.49. The highest BCUT2D eigenvalue weighted by Gasteiger charge is 2.27. The molecule has 7 heteroatoms. The van der Waals surface area contributed by atoms with Crippen LogP contribution in [-0.4, -0.2) is 15.9 Å². The lowest BCUT2D eigenvalue weighted by Gasteiger charge is -2.14. The van der Waals surface area contributed by atoms with E-state index in [1.54, 1.807) is 18.2 Å². The van der Waals surface area contributed by atoms with Gasteiger partial charge in [0.05, 0.1) is 11.4 Å². The van der Waals surface area contributed by atoms with Crippen molar-refractivity contribution in [1.29, 1.82) is 0 Å². The zero-order chi connectivity index (χ0) is 18.8. The fourth-order valence-electron chi connectivity index (χ4n) is 2.74. The van der Waals surface area contributed by atoms with Gasteiger partial charge in [0.15, 0.2) is 0 Å². The van der Waals surface area contributed by atoms with E-state index in [1.807, 2.05) is 30.3 Å². The second-order valence-electron chi connectivity index (χ2n) is 6.43. The minimum absolute atomic E-state index is 0.0984. The number of halogens is 1. The van der Waals surface area contributed by atoms with Crippen molar-refractivity contribution >= 4 is 34.6 Å². The lowest BCUT2D eigenvalue weighted by atomic mass is 10.2. The van der Waals surface area contributed by atoms with Crippen LogP contribution in [0.5, 0.6) is 0 Å². The second-order valence-corrected chi connectivity index (χ2v) is 6.86. The molecule has 1 saturated carbocycles. The molecule has 27 heavy (non-hydrogen) atoms. The summed E-state index contributed by atoms with van der Waals surface area (Å²) in [6.45, 7) is 0. The van der Waals surface area contributed by atoms with E-state index < -0.39 is 5.91 Å². The number of carbonyl (C=O) groups excluding carboxylic acids is 1. The summed E-state index contributed by atoms with van der Waals surface area (Å²) in [6, 6.07) is 15.9. The van der Waals surface area contributed by atoms with Gasteiger partial charge in [-0.2, -0.15) is 0 Å². The first-order chi connectivity index (χ1) is 13.1. The van der Waals surface area contributed by atoms with Gasteiger partial charge < -0.3 is 15.6 Å². The van der Waals surface area contributed by atoms with Gasteiger partial charge in [-0.3, -0.25) is 9.59 Å². The van der Waals surface area contributed by atoms with Crippen LogP contribution in [0.2, 0.25) is 5.02 Å². The average molecular weight is 381 g/mol. The highest BCUT2D eigenvalue weighted by Crippen LogP contribution is 2.37. The maximum absolute atomic E-state index is 12.7. The van der Waals surface area contributed by atoms with Gasteiger partial charge >= 0.3 is 0 Å². The minimum Gasteiger partial charge on any atom is -0.354 e. The van der Waals surface area contributed by atoms with Crippen molar-refractivity contribution in [1.82, 2.24) is 9.97 Å². The van der Waals surface area contributed by atoms with E-state index in [0.29, 0.717) is 22.2 Å². The SMILES string of the molecule is O=C(Nc1ccc(Cl)cc1Nc1ccccc1)c1cc(=O)[nH]c(C2CC2)n1. The summed E-state index contributed by atoms with van der Waals surface area (Å²) in [5, 5.41) is 6.59. The predicted octanol–water partition coefficient (Wildman–Crippen LogP) is 4.30. The molecule has 0 spiro atoms. The van der Waals surface area contributed by atoms with Crippen molar-refractivity contribution in [2.24, 2.45) is 0 Å². The van der Waals surface area contributed by atoms with Gasteiger partial charge in [0.1, 0.15) is 11.5 Å². The number of rotatable bonds is 5. The number of H-pyrrole nitrogens is 1. The zero-order valence-corrected chi connectivity index (χ0v) is 15.1. The number of hydrogen-bond acceptors (Lipinski definition) is 4. The molecule has 0 saturated heterocycles. The molecular formula is C20H17ClN4O2. The van der Waals surface area contributed by atoms with Gasteiger partial charge in [0.2, 0.25) is 0 Å². The van der Waals surface area contributed by atoms with Crippen molar-refractivity contribution in [2.75, 3.05) is 10.6 Å². The topological polar surface area (TPSA) is 86.9 Å². The number of nitrogens with one attached hydrogen (secondary N) is 3. The van der Waals surface area contributed by atoms with E-state index in [9.17, 15) is 9.59 Å². The number of para-hydroxylation sites is 1. The van der Waals surface area contributed by atoms with Crippen LogP contribution in [0, 0.1) is 0 Å². The lowest BCUT2D eigenvalue weighted by molar-refractivity contribution is 0.102. The van der Waals surface area contributed by atoms with Gasteiger partial charge in [-0.15, -0.1) is 0 Å². The molecule has 1 aliphatic rings. The van der Waals surface area contributed by atoms with Gasteiger partial charge in [-0.05, 0) is 43.2 Å². The normalized spacial score (nSPS) is 13.2. The third-order valence-electron chi connectivity index (χ3n) is 4.24. The Morgan fingerprint density at radius 2 is 1.85 bits per heavy atom. The molecule has 1 fully saturated rings. The van der Waals surface area contributed by atoms with Gasteiger partial charge in [-0.1, -0.05) is 29.8 Å². The van der Waals surface area contributed by atoms with E-state index in [2.05, 4.69) is 20.6 Å². The maximum Gasteiger partial charge on any atom is 0.274 e. The molecule has 1 aliphatic carbocycles. The smallest absolute Gasteiger partial charge is 0.274 e. The van der Waals surface area contributed by atoms with Crippen LogP contribution in [0.15, 0.2) is 59.4 Å². The molecule has 0 atom stereocenters. The van der Waals surface area contributed by atoms with E-state index in [4.69, 9.17) is 11.6 Å².